The average molecular weight is 263 g/mol. The van der Waals surface area contributed by atoms with Crippen LogP contribution in [-0.4, -0.2) is 29.6 Å². The molecule has 19 heavy (non-hydrogen) atoms. The van der Waals surface area contributed by atoms with Crippen molar-refractivity contribution >= 4 is 5.91 Å². The zero-order valence-corrected chi connectivity index (χ0v) is 10.8. The molecule has 1 atom stereocenters. The lowest BCUT2D eigenvalue weighted by molar-refractivity contribution is -0.142. The smallest absolute Gasteiger partial charge is 0.252 e. The fourth-order valence-corrected chi connectivity index (χ4v) is 2.52. The summed E-state index contributed by atoms with van der Waals surface area (Å²) in [6, 6.07) is 6.72. The van der Waals surface area contributed by atoms with Gasteiger partial charge in [0.05, 0.1) is 0 Å². The molecule has 0 bridgehead atoms. The van der Waals surface area contributed by atoms with Crippen molar-refractivity contribution in [3.05, 3.63) is 35.6 Å². The van der Waals surface area contributed by atoms with Gasteiger partial charge in [-0.1, -0.05) is 12.1 Å². The first-order chi connectivity index (χ1) is 9.24. The van der Waals surface area contributed by atoms with E-state index in [-0.39, 0.29) is 17.8 Å². The van der Waals surface area contributed by atoms with E-state index in [9.17, 15) is 9.18 Å². The van der Waals surface area contributed by atoms with Crippen LogP contribution in [-0.2, 0) is 16.1 Å². The number of hydrogen-bond donors (Lipinski definition) is 0. The van der Waals surface area contributed by atoms with Gasteiger partial charge >= 0.3 is 0 Å². The highest BCUT2D eigenvalue weighted by atomic mass is 19.1. The van der Waals surface area contributed by atoms with Gasteiger partial charge in [0.15, 0.2) is 0 Å². The van der Waals surface area contributed by atoms with Crippen LogP contribution in [0.25, 0.3) is 0 Å². The zero-order valence-electron chi connectivity index (χ0n) is 10.8. The van der Waals surface area contributed by atoms with Crippen molar-refractivity contribution in [1.29, 1.82) is 0 Å². The summed E-state index contributed by atoms with van der Waals surface area (Å²) in [7, 11) is 0. The van der Waals surface area contributed by atoms with Crippen LogP contribution in [0.15, 0.2) is 24.3 Å². The minimum absolute atomic E-state index is 0.101. The van der Waals surface area contributed by atoms with Crippen molar-refractivity contribution in [3.63, 3.8) is 0 Å². The molecule has 4 heteroatoms. The van der Waals surface area contributed by atoms with E-state index in [0.29, 0.717) is 19.2 Å². The van der Waals surface area contributed by atoms with Gasteiger partial charge in [-0.15, -0.1) is 0 Å². The summed E-state index contributed by atoms with van der Waals surface area (Å²) in [6.07, 6.45) is 3.66. The molecule has 1 saturated carbocycles. The first kappa shape index (κ1) is 12.6. The van der Waals surface area contributed by atoms with Gasteiger partial charge in [0.2, 0.25) is 0 Å². The standard InChI is InChI=1S/C15H18FNO2/c16-12-5-3-11(4-6-12)10-17(13-7-8-13)15(18)14-2-1-9-19-14/h3-6,13-14H,1-2,7-10H2. The highest BCUT2D eigenvalue weighted by Gasteiger charge is 2.37. The second kappa shape index (κ2) is 5.29. The second-order valence-corrected chi connectivity index (χ2v) is 5.33. The highest BCUT2D eigenvalue weighted by molar-refractivity contribution is 5.81. The maximum Gasteiger partial charge on any atom is 0.252 e. The van der Waals surface area contributed by atoms with Gasteiger partial charge in [-0.3, -0.25) is 4.79 Å². The molecule has 102 valence electrons. The molecule has 0 aromatic heterocycles. The molecule has 1 heterocycles. The van der Waals surface area contributed by atoms with E-state index in [1.807, 2.05) is 4.90 Å². The molecular formula is C15H18FNO2. The summed E-state index contributed by atoms with van der Waals surface area (Å²) in [5.74, 6) is -0.142. The first-order valence-corrected chi connectivity index (χ1v) is 6.90. The maximum absolute atomic E-state index is 12.9. The summed E-state index contributed by atoms with van der Waals surface area (Å²) < 4.78 is 18.4. The SMILES string of the molecule is O=C(C1CCCO1)N(Cc1ccc(F)cc1)C1CC1. The normalized spacial score (nSPS) is 22.5. The molecule has 1 unspecified atom stereocenters. The van der Waals surface area contributed by atoms with Crippen molar-refractivity contribution in [1.82, 2.24) is 4.90 Å². The van der Waals surface area contributed by atoms with Crippen LogP contribution in [0.3, 0.4) is 0 Å². The number of nitrogens with zero attached hydrogens (tertiary/aromatic N) is 1. The lowest BCUT2D eigenvalue weighted by Crippen LogP contribution is -2.39. The molecule has 0 radical (unpaired) electrons. The van der Waals surface area contributed by atoms with Crippen LogP contribution in [0.2, 0.25) is 0 Å². The van der Waals surface area contributed by atoms with Crippen molar-refractivity contribution in [2.75, 3.05) is 6.61 Å². The average Bonchev–Trinajstić information content (AvgIpc) is 3.11. The molecule has 1 aliphatic heterocycles. The topological polar surface area (TPSA) is 29.5 Å². The van der Waals surface area contributed by atoms with Crippen LogP contribution in [0.5, 0.6) is 0 Å². The molecule has 1 saturated heterocycles. The third-order valence-electron chi connectivity index (χ3n) is 3.74. The number of ether oxygens (including phenoxy) is 1. The van der Waals surface area contributed by atoms with Crippen molar-refractivity contribution in [2.45, 2.75) is 44.4 Å². The Bertz CT molecular complexity index is 450. The van der Waals surface area contributed by atoms with Crippen molar-refractivity contribution < 1.29 is 13.9 Å². The van der Waals surface area contributed by atoms with E-state index >= 15 is 0 Å². The van der Waals surface area contributed by atoms with E-state index in [0.717, 1.165) is 31.2 Å². The van der Waals surface area contributed by atoms with E-state index in [2.05, 4.69) is 0 Å². The van der Waals surface area contributed by atoms with Gasteiger partial charge in [-0.05, 0) is 43.4 Å². The molecule has 1 aromatic rings. The Kier molecular flexibility index (Phi) is 3.51. The van der Waals surface area contributed by atoms with Crippen LogP contribution >= 0.6 is 0 Å². The number of carbonyl (C=O) groups excluding carboxylic acids is 1. The predicted octanol–water partition coefficient (Wildman–Crippen LogP) is 2.50. The molecule has 2 aliphatic rings. The lowest BCUT2D eigenvalue weighted by atomic mass is 10.1. The van der Waals surface area contributed by atoms with E-state index in [1.165, 1.54) is 12.1 Å². The van der Waals surface area contributed by atoms with Gasteiger partial charge < -0.3 is 9.64 Å². The summed E-state index contributed by atoms with van der Waals surface area (Å²) >= 11 is 0. The summed E-state index contributed by atoms with van der Waals surface area (Å²) in [5, 5.41) is 0. The molecule has 1 amide bonds. The second-order valence-electron chi connectivity index (χ2n) is 5.33. The van der Waals surface area contributed by atoms with E-state index < -0.39 is 0 Å². The largest absolute Gasteiger partial charge is 0.368 e. The fourth-order valence-electron chi connectivity index (χ4n) is 2.52. The van der Waals surface area contributed by atoms with E-state index in [1.54, 1.807) is 12.1 Å². The van der Waals surface area contributed by atoms with Crippen LogP contribution in [0, 0.1) is 5.82 Å². The minimum Gasteiger partial charge on any atom is -0.368 e. The van der Waals surface area contributed by atoms with Crippen molar-refractivity contribution in [2.24, 2.45) is 0 Å². The number of carbonyl (C=O) groups is 1. The number of halogens is 1. The Balaban J connectivity index is 1.70. The first-order valence-electron chi connectivity index (χ1n) is 6.90. The molecule has 3 rings (SSSR count). The molecule has 3 nitrogen and oxygen atoms in total. The van der Waals surface area contributed by atoms with E-state index in [4.69, 9.17) is 4.74 Å². The maximum atomic E-state index is 12.9. The van der Waals surface area contributed by atoms with Crippen LogP contribution in [0.1, 0.15) is 31.2 Å². The predicted molar refractivity (Wildman–Crippen MR) is 68.9 cm³/mol. The number of hydrogen-bond acceptors (Lipinski definition) is 2. The van der Waals surface area contributed by atoms with Crippen molar-refractivity contribution in [3.8, 4) is 0 Å². The summed E-state index contributed by atoms with van der Waals surface area (Å²) in [4.78, 5) is 14.3. The number of rotatable bonds is 4. The number of amides is 1. The molecule has 0 spiro atoms. The van der Waals surface area contributed by atoms with Gasteiger partial charge in [0.1, 0.15) is 11.9 Å². The Hall–Kier alpha value is -1.42. The van der Waals surface area contributed by atoms with Gasteiger partial charge in [-0.25, -0.2) is 4.39 Å². The lowest BCUT2D eigenvalue weighted by Gasteiger charge is -2.25. The fraction of sp³-hybridized carbons (Fsp3) is 0.533. The van der Waals surface area contributed by atoms with Crippen LogP contribution < -0.4 is 0 Å². The Morgan fingerprint density at radius 2 is 2.00 bits per heavy atom. The zero-order chi connectivity index (χ0) is 13.2. The summed E-state index contributed by atoms with van der Waals surface area (Å²) in [6.45, 7) is 1.25. The number of benzene rings is 1. The third kappa shape index (κ3) is 2.95. The van der Waals surface area contributed by atoms with Crippen LogP contribution in [0.4, 0.5) is 4.39 Å². The Morgan fingerprint density at radius 3 is 2.58 bits per heavy atom. The molecule has 2 fully saturated rings. The molecule has 1 aliphatic carbocycles. The van der Waals surface area contributed by atoms with Gasteiger partial charge in [0.25, 0.3) is 5.91 Å². The quantitative estimate of drug-likeness (QED) is 0.835. The molecular weight excluding hydrogens is 245 g/mol. The van der Waals surface area contributed by atoms with Gasteiger partial charge in [0, 0.05) is 19.2 Å². The van der Waals surface area contributed by atoms with Gasteiger partial charge in [-0.2, -0.15) is 0 Å². The minimum atomic E-state index is -0.263. The summed E-state index contributed by atoms with van der Waals surface area (Å²) in [5.41, 5.74) is 0.972. The third-order valence-corrected chi connectivity index (χ3v) is 3.74. The molecule has 1 aromatic carbocycles. The molecule has 0 N–H and O–H groups in total. The Labute approximate surface area is 112 Å². The highest BCUT2D eigenvalue weighted by Crippen LogP contribution is 2.30. The Morgan fingerprint density at radius 1 is 1.26 bits per heavy atom. The monoisotopic (exact) mass is 263 g/mol.